The van der Waals surface area contributed by atoms with Crippen molar-refractivity contribution in [3.05, 3.63) is 78.4 Å². The second kappa shape index (κ2) is 7.16. The largest absolute Gasteiger partial charge is 0.459 e. The van der Waals surface area contributed by atoms with Crippen molar-refractivity contribution in [1.29, 1.82) is 0 Å². The van der Waals surface area contributed by atoms with E-state index in [1.807, 2.05) is 24.4 Å². The lowest BCUT2D eigenvalue weighted by Gasteiger charge is -2.30. The molecule has 4 heterocycles. The number of halogens is 1. The molecule has 0 radical (unpaired) electrons. The van der Waals surface area contributed by atoms with E-state index in [0.29, 0.717) is 18.8 Å². The second-order valence-corrected chi connectivity index (χ2v) is 7.27. The SMILES string of the molecule is O=C(c1ccco1)N1CCCC(c2nc3ccc(-c4cccc(F)c4)cn3n2)C1. The number of pyridine rings is 1. The van der Waals surface area contributed by atoms with Gasteiger partial charge in [-0.3, -0.25) is 4.79 Å². The summed E-state index contributed by atoms with van der Waals surface area (Å²) in [5, 5.41) is 4.65. The highest BCUT2D eigenvalue weighted by Crippen LogP contribution is 2.27. The third kappa shape index (κ3) is 3.40. The Hall–Kier alpha value is -3.48. The Kier molecular flexibility index (Phi) is 4.35. The third-order valence-electron chi connectivity index (χ3n) is 5.31. The van der Waals surface area contributed by atoms with Gasteiger partial charge in [0.15, 0.2) is 17.2 Å². The fraction of sp³-hybridized carbons (Fsp3) is 0.227. The molecule has 29 heavy (non-hydrogen) atoms. The highest BCUT2D eigenvalue weighted by molar-refractivity contribution is 5.91. The van der Waals surface area contributed by atoms with Gasteiger partial charge in [0.25, 0.3) is 5.91 Å². The van der Waals surface area contributed by atoms with Crippen molar-refractivity contribution in [3.63, 3.8) is 0 Å². The molecule has 0 spiro atoms. The lowest BCUT2D eigenvalue weighted by Crippen LogP contribution is -2.39. The third-order valence-corrected chi connectivity index (χ3v) is 5.31. The zero-order valence-corrected chi connectivity index (χ0v) is 15.7. The van der Waals surface area contributed by atoms with Crippen molar-refractivity contribution in [1.82, 2.24) is 19.5 Å². The molecule has 6 nitrogen and oxygen atoms in total. The number of hydrogen-bond acceptors (Lipinski definition) is 4. The van der Waals surface area contributed by atoms with Crippen LogP contribution < -0.4 is 0 Å². The van der Waals surface area contributed by atoms with E-state index in [4.69, 9.17) is 4.42 Å². The van der Waals surface area contributed by atoms with E-state index in [-0.39, 0.29) is 17.6 Å². The van der Waals surface area contributed by atoms with Crippen LogP contribution in [-0.2, 0) is 0 Å². The first-order valence-electron chi connectivity index (χ1n) is 9.62. The first-order chi connectivity index (χ1) is 14.2. The van der Waals surface area contributed by atoms with Crippen LogP contribution in [0.1, 0.15) is 35.1 Å². The number of aromatic nitrogens is 3. The molecule has 5 rings (SSSR count). The van der Waals surface area contributed by atoms with Gasteiger partial charge in [-0.25, -0.2) is 13.9 Å². The van der Waals surface area contributed by atoms with Crippen molar-refractivity contribution in [2.75, 3.05) is 13.1 Å². The van der Waals surface area contributed by atoms with Gasteiger partial charge < -0.3 is 9.32 Å². The minimum absolute atomic E-state index is 0.0696. The fourth-order valence-electron chi connectivity index (χ4n) is 3.84. The van der Waals surface area contributed by atoms with E-state index >= 15 is 0 Å². The maximum absolute atomic E-state index is 13.5. The van der Waals surface area contributed by atoms with Gasteiger partial charge in [-0.05, 0) is 54.8 Å². The van der Waals surface area contributed by atoms with Gasteiger partial charge in [-0.1, -0.05) is 12.1 Å². The molecular weight excluding hydrogens is 371 g/mol. The average molecular weight is 390 g/mol. The van der Waals surface area contributed by atoms with Crippen LogP contribution in [0.2, 0.25) is 0 Å². The summed E-state index contributed by atoms with van der Waals surface area (Å²) in [5.74, 6) is 0.772. The Bertz CT molecular complexity index is 1170. The first-order valence-corrected chi connectivity index (χ1v) is 9.62. The molecule has 146 valence electrons. The molecule has 0 N–H and O–H groups in total. The van der Waals surface area contributed by atoms with Crippen LogP contribution >= 0.6 is 0 Å². The van der Waals surface area contributed by atoms with Gasteiger partial charge in [-0.2, -0.15) is 5.10 Å². The number of carbonyl (C=O) groups is 1. The molecule has 1 fully saturated rings. The fourth-order valence-corrected chi connectivity index (χ4v) is 3.84. The van der Waals surface area contributed by atoms with E-state index in [9.17, 15) is 9.18 Å². The number of rotatable bonds is 3. The summed E-state index contributed by atoms with van der Waals surface area (Å²) < 4.78 is 20.5. The number of furan rings is 1. The van der Waals surface area contributed by atoms with Gasteiger partial charge in [0.05, 0.1) is 6.26 Å². The molecule has 3 aromatic heterocycles. The van der Waals surface area contributed by atoms with Crippen LogP contribution in [-0.4, -0.2) is 38.5 Å². The van der Waals surface area contributed by atoms with Crippen molar-refractivity contribution < 1.29 is 13.6 Å². The summed E-state index contributed by atoms with van der Waals surface area (Å²) >= 11 is 0. The monoisotopic (exact) mass is 390 g/mol. The van der Waals surface area contributed by atoms with Crippen molar-refractivity contribution in [2.24, 2.45) is 0 Å². The Morgan fingerprint density at radius 2 is 2.07 bits per heavy atom. The number of carbonyl (C=O) groups excluding carboxylic acids is 1. The zero-order chi connectivity index (χ0) is 19.8. The number of piperidine rings is 1. The molecule has 0 aliphatic carbocycles. The Morgan fingerprint density at radius 1 is 1.14 bits per heavy atom. The number of nitrogens with zero attached hydrogens (tertiary/aromatic N) is 4. The summed E-state index contributed by atoms with van der Waals surface area (Å²) in [7, 11) is 0. The maximum atomic E-state index is 13.5. The van der Waals surface area contributed by atoms with E-state index < -0.39 is 0 Å². The molecule has 1 atom stereocenters. The minimum atomic E-state index is -0.273. The number of hydrogen-bond donors (Lipinski definition) is 0. The Balaban J connectivity index is 1.40. The molecule has 4 aromatic rings. The van der Waals surface area contributed by atoms with Gasteiger partial charge in [0.2, 0.25) is 0 Å². The van der Waals surface area contributed by atoms with Crippen LogP contribution in [0.15, 0.2) is 65.4 Å². The highest BCUT2D eigenvalue weighted by atomic mass is 19.1. The molecule has 1 aliphatic rings. The summed E-state index contributed by atoms with van der Waals surface area (Å²) in [6.07, 6.45) is 5.18. The lowest BCUT2D eigenvalue weighted by molar-refractivity contribution is 0.0672. The molecule has 7 heteroatoms. The topological polar surface area (TPSA) is 63.6 Å². The van der Waals surface area contributed by atoms with Crippen LogP contribution in [0.25, 0.3) is 16.8 Å². The van der Waals surface area contributed by atoms with Gasteiger partial charge >= 0.3 is 0 Å². The second-order valence-electron chi connectivity index (χ2n) is 7.27. The number of fused-ring (bicyclic) bond motifs is 1. The van der Waals surface area contributed by atoms with Crippen LogP contribution in [0.5, 0.6) is 0 Å². The Morgan fingerprint density at radius 3 is 2.90 bits per heavy atom. The smallest absolute Gasteiger partial charge is 0.289 e. The standard InChI is InChI=1S/C22H19FN4O2/c23-18-6-1-4-15(12-18)16-8-9-20-24-21(25-27(20)14-16)17-5-2-10-26(13-17)22(28)19-7-3-11-29-19/h1,3-4,6-9,11-12,14,17H,2,5,10,13H2. The van der Waals surface area contributed by atoms with Gasteiger partial charge in [-0.15, -0.1) is 0 Å². The molecule has 1 saturated heterocycles. The van der Waals surface area contributed by atoms with Crippen LogP contribution in [0.3, 0.4) is 0 Å². The Labute approximate surface area is 166 Å². The molecule has 0 saturated carbocycles. The number of likely N-dealkylation sites (tertiary alicyclic amines) is 1. The lowest BCUT2D eigenvalue weighted by atomic mass is 9.97. The normalized spacial score (nSPS) is 17.0. The van der Waals surface area contributed by atoms with Crippen molar-refractivity contribution in [2.45, 2.75) is 18.8 Å². The van der Waals surface area contributed by atoms with E-state index in [0.717, 1.165) is 35.4 Å². The predicted octanol–water partition coefficient (Wildman–Crippen LogP) is 4.15. The van der Waals surface area contributed by atoms with Crippen LogP contribution in [0, 0.1) is 5.82 Å². The molecule has 0 bridgehead atoms. The molecular formula is C22H19FN4O2. The molecule has 1 aliphatic heterocycles. The van der Waals surface area contributed by atoms with Crippen molar-refractivity contribution >= 4 is 11.6 Å². The van der Waals surface area contributed by atoms with Crippen molar-refractivity contribution in [3.8, 4) is 11.1 Å². The van der Waals surface area contributed by atoms with E-state index in [2.05, 4.69) is 10.1 Å². The van der Waals surface area contributed by atoms with E-state index in [1.54, 1.807) is 27.6 Å². The minimum Gasteiger partial charge on any atom is -0.459 e. The average Bonchev–Trinajstić information content (AvgIpc) is 3.43. The van der Waals surface area contributed by atoms with Gasteiger partial charge in [0.1, 0.15) is 5.82 Å². The van der Waals surface area contributed by atoms with Crippen LogP contribution in [0.4, 0.5) is 4.39 Å². The van der Waals surface area contributed by atoms with Gasteiger partial charge in [0, 0.05) is 30.8 Å². The first kappa shape index (κ1) is 17.6. The summed E-state index contributed by atoms with van der Waals surface area (Å²) in [6, 6.07) is 13.7. The summed E-state index contributed by atoms with van der Waals surface area (Å²) in [6.45, 7) is 1.26. The maximum Gasteiger partial charge on any atom is 0.289 e. The summed E-state index contributed by atoms with van der Waals surface area (Å²) in [4.78, 5) is 19.1. The number of benzene rings is 1. The zero-order valence-electron chi connectivity index (χ0n) is 15.7. The molecule has 1 aromatic carbocycles. The molecule has 1 unspecified atom stereocenters. The quantitative estimate of drug-likeness (QED) is 0.527. The highest BCUT2D eigenvalue weighted by Gasteiger charge is 2.29. The number of amides is 1. The predicted molar refractivity (Wildman–Crippen MR) is 105 cm³/mol. The molecule has 1 amide bonds. The van der Waals surface area contributed by atoms with E-state index in [1.165, 1.54) is 18.4 Å². The summed E-state index contributed by atoms with van der Waals surface area (Å²) in [5.41, 5.74) is 2.39.